The van der Waals surface area contributed by atoms with Crippen LogP contribution in [0.4, 0.5) is 10.1 Å². The van der Waals surface area contributed by atoms with Crippen LogP contribution >= 0.6 is 0 Å². The molecule has 82 valence electrons. The number of nitrogens with zero attached hydrogens (tertiary/aromatic N) is 3. The van der Waals surface area contributed by atoms with Crippen molar-refractivity contribution in [2.45, 2.75) is 0 Å². The third-order valence-electron chi connectivity index (χ3n) is 1.96. The standard InChI is InChI=1S/C9H7FN4O2/c10-8-2-1-7(3-6(8)4-11)13-5-9(12)14(15)16-13/h1-3,5,15H,12H2. The Labute approximate surface area is 90.0 Å². The molecule has 0 aromatic heterocycles. The first-order chi connectivity index (χ1) is 7.61. The molecule has 1 aromatic rings. The summed E-state index contributed by atoms with van der Waals surface area (Å²) < 4.78 is 13.0. The van der Waals surface area contributed by atoms with Crippen LogP contribution in [0.25, 0.3) is 0 Å². The average molecular weight is 222 g/mol. The predicted octanol–water partition coefficient (Wildman–Crippen LogP) is 0.813. The SMILES string of the molecule is N#Cc1cc(N2C=C(N)N(O)O2)ccc1F. The van der Waals surface area contributed by atoms with E-state index in [4.69, 9.17) is 21.1 Å². The largest absolute Gasteiger partial charge is 0.380 e. The Morgan fingerprint density at radius 3 is 2.81 bits per heavy atom. The van der Waals surface area contributed by atoms with E-state index >= 15 is 0 Å². The molecule has 0 spiro atoms. The Hall–Kier alpha value is -2.30. The number of nitriles is 1. The van der Waals surface area contributed by atoms with Gasteiger partial charge in [0.1, 0.15) is 11.9 Å². The van der Waals surface area contributed by atoms with Crippen LogP contribution in [-0.2, 0) is 4.94 Å². The predicted molar refractivity (Wildman–Crippen MR) is 50.6 cm³/mol. The molecule has 7 heteroatoms. The fourth-order valence-corrected chi connectivity index (χ4v) is 1.18. The van der Waals surface area contributed by atoms with Crippen LogP contribution in [0, 0.1) is 17.1 Å². The van der Waals surface area contributed by atoms with Crippen molar-refractivity contribution in [3.63, 3.8) is 0 Å². The van der Waals surface area contributed by atoms with Gasteiger partial charge in [-0.25, -0.2) is 4.39 Å². The molecular weight excluding hydrogens is 215 g/mol. The smallest absolute Gasteiger partial charge is 0.176 e. The molecule has 0 amide bonds. The maximum absolute atomic E-state index is 13.0. The number of anilines is 1. The summed E-state index contributed by atoms with van der Waals surface area (Å²) >= 11 is 0. The number of rotatable bonds is 1. The van der Waals surface area contributed by atoms with E-state index in [1.807, 2.05) is 0 Å². The summed E-state index contributed by atoms with van der Waals surface area (Å²) in [5, 5.41) is 19.2. The lowest BCUT2D eigenvalue weighted by molar-refractivity contribution is -0.304. The van der Waals surface area contributed by atoms with Crippen LogP contribution < -0.4 is 10.8 Å². The summed E-state index contributed by atoms with van der Waals surface area (Å²) in [6.45, 7) is 0. The molecule has 1 aliphatic heterocycles. The topological polar surface area (TPSA) is 85.8 Å². The van der Waals surface area contributed by atoms with Gasteiger partial charge in [0, 0.05) is 0 Å². The summed E-state index contributed by atoms with van der Waals surface area (Å²) in [4.78, 5) is 4.77. The van der Waals surface area contributed by atoms with Gasteiger partial charge in [-0.05, 0) is 18.2 Å². The van der Waals surface area contributed by atoms with Gasteiger partial charge < -0.3 is 5.73 Å². The number of hydroxylamine groups is 3. The second-order valence-electron chi connectivity index (χ2n) is 3.01. The van der Waals surface area contributed by atoms with Crippen molar-refractivity contribution in [3.8, 4) is 6.07 Å². The van der Waals surface area contributed by atoms with Crippen molar-refractivity contribution in [2.24, 2.45) is 5.73 Å². The van der Waals surface area contributed by atoms with Crippen molar-refractivity contribution >= 4 is 5.69 Å². The quantitative estimate of drug-likeness (QED) is 0.731. The van der Waals surface area contributed by atoms with Crippen LogP contribution in [0.2, 0.25) is 0 Å². The van der Waals surface area contributed by atoms with Crippen molar-refractivity contribution in [1.29, 1.82) is 5.26 Å². The van der Waals surface area contributed by atoms with Crippen LogP contribution in [-0.4, -0.2) is 10.4 Å². The number of benzene rings is 1. The van der Waals surface area contributed by atoms with Crippen molar-refractivity contribution in [2.75, 3.05) is 5.06 Å². The van der Waals surface area contributed by atoms with Crippen LogP contribution in [0.15, 0.2) is 30.2 Å². The normalized spacial score (nSPS) is 14.9. The first kappa shape index (κ1) is 10.2. The molecule has 0 bridgehead atoms. The lowest BCUT2D eigenvalue weighted by Crippen LogP contribution is -2.22. The molecule has 2 rings (SSSR count). The van der Waals surface area contributed by atoms with Gasteiger partial charge in [0.25, 0.3) is 0 Å². The molecule has 1 heterocycles. The fraction of sp³-hybridized carbons (Fsp3) is 0. The second-order valence-corrected chi connectivity index (χ2v) is 3.01. The number of hydrogen-bond acceptors (Lipinski definition) is 6. The number of halogens is 1. The first-order valence-electron chi connectivity index (χ1n) is 4.25. The third kappa shape index (κ3) is 1.63. The van der Waals surface area contributed by atoms with Gasteiger partial charge in [0.2, 0.25) is 0 Å². The van der Waals surface area contributed by atoms with Crippen LogP contribution in [0.3, 0.4) is 0 Å². The fourth-order valence-electron chi connectivity index (χ4n) is 1.18. The van der Waals surface area contributed by atoms with E-state index in [0.29, 0.717) is 10.9 Å². The summed E-state index contributed by atoms with van der Waals surface area (Å²) in [5.74, 6) is -0.647. The minimum absolute atomic E-state index is 0.0252. The zero-order valence-corrected chi connectivity index (χ0v) is 7.96. The lowest BCUT2D eigenvalue weighted by Gasteiger charge is -2.15. The zero-order chi connectivity index (χ0) is 11.7. The molecule has 0 fully saturated rings. The van der Waals surface area contributed by atoms with Gasteiger partial charge >= 0.3 is 0 Å². The molecule has 0 aliphatic carbocycles. The third-order valence-corrected chi connectivity index (χ3v) is 1.96. The molecule has 1 aromatic carbocycles. The second kappa shape index (κ2) is 3.69. The molecule has 16 heavy (non-hydrogen) atoms. The van der Waals surface area contributed by atoms with E-state index in [1.54, 1.807) is 6.07 Å². The minimum Gasteiger partial charge on any atom is -0.380 e. The van der Waals surface area contributed by atoms with E-state index in [0.717, 1.165) is 11.1 Å². The lowest BCUT2D eigenvalue weighted by atomic mass is 10.2. The average Bonchev–Trinajstić information content (AvgIpc) is 2.60. The van der Waals surface area contributed by atoms with Crippen molar-refractivity contribution in [3.05, 3.63) is 41.6 Å². The van der Waals surface area contributed by atoms with Gasteiger partial charge in [-0.3, -0.25) is 5.21 Å². The van der Waals surface area contributed by atoms with Gasteiger partial charge in [-0.2, -0.15) is 10.3 Å². The molecule has 3 N–H and O–H groups in total. The van der Waals surface area contributed by atoms with Gasteiger partial charge in [-0.1, -0.05) is 5.23 Å². The summed E-state index contributed by atoms with van der Waals surface area (Å²) in [5.41, 5.74) is 5.59. The Kier molecular flexibility index (Phi) is 2.36. The molecular formula is C9H7FN4O2. The maximum Gasteiger partial charge on any atom is 0.176 e. The molecule has 6 nitrogen and oxygen atoms in total. The van der Waals surface area contributed by atoms with E-state index in [2.05, 4.69) is 0 Å². The Morgan fingerprint density at radius 2 is 2.25 bits per heavy atom. The van der Waals surface area contributed by atoms with Crippen LogP contribution in [0.5, 0.6) is 0 Å². The summed E-state index contributed by atoms with van der Waals surface area (Å²) in [6, 6.07) is 5.49. The van der Waals surface area contributed by atoms with Gasteiger partial charge in [0.05, 0.1) is 17.5 Å². The van der Waals surface area contributed by atoms with E-state index in [1.165, 1.54) is 18.3 Å². The zero-order valence-electron chi connectivity index (χ0n) is 7.96. The minimum atomic E-state index is -0.622. The van der Waals surface area contributed by atoms with Crippen molar-refractivity contribution in [1.82, 2.24) is 5.23 Å². The maximum atomic E-state index is 13.0. The summed E-state index contributed by atoms with van der Waals surface area (Å²) in [7, 11) is 0. The molecule has 0 atom stereocenters. The molecule has 0 unspecified atom stereocenters. The van der Waals surface area contributed by atoms with E-state index in [-0.39, 0.29) is 11.4 Å². The Bertz CT molecular complexity index is 497. The Balaban J connectivity index is 2.33. The molecule has 1 aliphatic rings. The van der Waals surface area contributed by atoms with E-state index < -0.39 is 5.82 Å². The monoisotopic (exact) mass is 222 g/mol. The summed E-state index contributed by atoms with van der Waals surface area (Å²) in [6.07, 6.45) is 1.29. The highest BCUT2D eigenvalue weighted by atomic mass is 19.1. The van der Waals surface area contributed by atoms with E-state index in [9.17, 15) is 4.39 Å². The van der Waals surface area contributed by atoms with Crippen molar-refractivity contribution < 1.29 is 14.5 Å². The number of hydrogen-bond donors (Lipinski definition) is 2. The first-order valence-corrected chi connectivity index (χ1v) is 4.25. The molecule has 0 radical (unpaired) electrons. The van der Waals surface area contributed by atoms with Crippen LogP contribution in [0.1, 0.15) is 5.56 Å². The Morgan fingerprint density at radius 1 is 1.50 bits per heavy atom. The highest BCUT2D eigenvalue weighted by Gasteiger charge is 2.20. The molecule has 0 saturated heterocycles. The van der Waals surface area contributed by atoms with Gasteiger partial charge in [0.15, 0.2) is 5.82 Å². The number of nitrogens with two attached hydrogens (primary N) is 1. The highest BCUT2D eigenvalue weighted by molar-refractivity contribution is 5.52. The highest BCUT2D eigenvalue weighted by Crippen LogP contribution is 2.23. The van der Waals surface area contributed by atoms with Gasteiger partial charge in [-0.15, -0.1) is 4.94 Å². The molecule has 0 saturated carbocycles.